The predicted molar refractivity (Wildman–Crippen MR) is 173 cm³/mol. The van der Waals surface area contributed by atoms with Crippen LogP contribution in [0.4, 0.5) is 0 Å². The van der Waals surface area contributed by atoms with Crippen molar-refractivity contribution in [3.05, 3.63) is 99.0 Å². The summed E-state index contributed by atoms with van der Waals surface area (Å²) < 4.78 is 8.28. The lowest BCUT2D eigenvalue weighted by Crippen LogP contribution is -2.33. The first-order chi connectivity index (χ1) is 20.5. The molecule has 2 aromatic heterocycles. The Hall–Kier alpha value is -3.63. The Morgan fingerprint density at radius 3 is 2.40 bits per heavy atom. The van der Waals surface area contributed by atoms with E-state index in [1.54, 1.807) is 0 Å². The molecule has 0 bridgehead atoms. The molecule has 5 nitrogen and oxygen atoms in total. The highest BCUT2D eigenvalue weighted by Crippen LogP contribution is 2.38. The Balaban J connectivity index is 1.13. The van der Waals surface area contributed by atoms with E-state index in [1.807, 2.05) is 59.9 Å². The number of halogens is 1. The maximum Gasteiger partial charge on any atom is 0.127 e. The Morgan fingerprint density at radius 2 is 1.71 bits per heavy atom. The van der Waals surface area contributed by atoms with Gasteiger partial charge in [0, 0.05) is 51.6 Å². The van der Waals surface area contributed by atoms with Crippen molar-refractivity contribution in [1.82, 2.24) is 14.5 Å². The second-order valence-electron chi connectivity index (χ2n) is 11.1. The van der Waals surface area contributed by atoms with Crippen LogP contribution >= 0.6 is 22.9 Å². The van der Waals surface area contributed by atoms with Gasteiger partial charge in [-0.3, -0.25) is 4.90 Å². The molecule has 1 aliphatic heterocycles. The fourth-order valence-corrected chi connectivity index (χ4v) is 7.22. The summed E-state index contributed by atoms with van der Waals surface area (Å²) in [4.78, 5) is 9.22. The maximum absolute atomic E-state index is 9.27. The molecule has 0 saturated carbocycles. The molecule has 214 valence electrons. The van der Waals surface area contributed by atoms with E-state index in [-0.39, 0.29) is 0 Å². The minimum atomic E-state index is 0.499. The van der Waals surface area contributed by atoms with E-state index in [0.717, 1.165) is 67.0 Å². The lowest BCUT2D eigenvalue weighted by molar-refractivity contribution is 0.201. The quantitative estimate of drug-likeness (QED) is 0.171. The number of hydrogen-bond donors (Lipinski definition) is 0. The van der Waals surface area contributed by atoms with Gasteiger partial charge in [0.05, 0.1) is 22.3 Å². The average molecular weight is 595 g/mol. The zero-order valence-corrected chi connectivity index (χ0v) is 25.7. The molecule has 0 spiro atoms. The number of unbranched alkanes of at least 4 members (excludes halogenated alkanes) is 1. The zero-order valence-electron chi connectivity index (χ0n) is 24.1. The number of hydrogen-bond acceptors (Lipinski definition) is 5. The van der Waals surface area contributed by atoms with Crippen molar-refractivity contribution in [1.29, 1.82) is 5.26 Å². The molecule has 1 aliphatic rings. The fraction of sp³-hybridized carbons (Fsp3) is 0.314. The van der Waals surface area contributed by atoms with E-state index < -0.39 is 0 Å². The maximum atomic E-state index is 9.27. The number of thiazole rings is 1. The third-order valence-corrected chi connectivity index (χ3v) is 9.77. The van der Waals surface area contributed by atoms with Crippen molar-refractivity contribution in [3.8, 4) is 28.8 Å². The van der Waals surface area contributed by atoms with Crippen LogP contribution in [0.3, 0.4) is 0 Å². The van der Waals surface area contributed by atoms with Gasteiger partial charge in [-0.1, -0.05) is 24.9 Å². The van der Waals surface area contributed by atoms with Gasteiger partial charge in [-0.05, 0) is 112 Å². The molecule has 1 saturated heterocycles. The second-order valence-corrected chi connectivity index (χ2v) is 12.7. The highest BCUT2D eigenvalue weighted by Gasteiger charge is 2.25. The Morgan fingerprint density at radius 1 is 1.00 bits per heavy atom. The SMILES string of the molecule is CCCCc1sc(C2CCN(Cc3cc4cc(C#N)ccc4n3C)CC2)nc1-c1ccc(Oc2ccc(Cl)cc2)cc1. The van der Waals surface area contributed by atoms with Crippen molar-refractivity contribution in [2.45, 2.75) is 51.5 Å². The first-order valence-electron chi connectivity index (χ1n) is 14.7. The number of benzene rings is 3. The zero-order chi connectivity index (χ0) is 29.1. The van der Waals surface area contributed by atoms with Crippen molar-refractivity contribution in [2.24, 2.45) is 7.05 Å². The third-order valence-electron chi connectivity index (χ3n) is 8.24. The lowest BCUT2D eigenvalue weighted by atomic mass is 9.97. The Bertz CT molecular complexity index is 1710. The number of fused-ring (bicyclic) bond motifs is 1. The lowest BCUT2D eigenvalue weighted by Gasteiger charge is -2.31. The highest BCUT2D eigenvalue weighted by molar-refractivity contribution is 7.12. The summed E-state index contributed by atoms with van der Waals surface area (Å²) in [6, 6.07) is 26.2. The van der Waals surface area contributed by atoms with Gasteiger partial charge >= 0.3 is 0 Å². The van der Waals surface area contributed by atoms with Gasteiger partial charge in [0.15, 0.2) is 0 Å². The molecule has 0 N–H and O–H groups in total. The standard InChI is InChI=1S/C35H35ClN4OS/c1-3-4-5-33-34(25-7-11-30(12-8-25)41-31-13-9-28(36)10-14-31)38-35(42-33)26-16-18-40(19-17-26)23-29-21-27-20-24(22-37)6-15-32(27)39(29)2/h6-15,20-21,26H,3-5,16-19,23H2,1-2H3. The Kier molecular flexibility index (Phi) is 8.62. The molecule has 0 amide bonds. The molecule has 42 heavy (non-hydrogen) atoms. The summed E-state index contributed by atoms with van der Waals surface area (Å²) in [7, 11) is 2.13. The molecule has 7 heteroatoms. The van der Waals surface area contributed by atoms with Gasteiger partial charge in [-0.25, -0.2) is 4.98 Å². The predicted octanol–water partition coefficient (Wildman–Crippen LogP) is 9.34. The molecule has 0 aliphatic carbocycles. The first kappa shape index (κ1) is 28.5. The van der Waals surface area contributed by atoms with Gasteiger partial charge in [0.1, 0.15) is 11.5 Å². The number of nitriles is 1. The molecule has 0 radical (unpaired) electrons. The molecule has 5 aromatic rings. The smallest absolute Gasteiger partial charge is 0.127 e. The average Bonchev–Trinajstić information content (AvgIpc) is 3.58. The van der Waals surface area contributed by atoms with Crippen LogP contribution < -0.4 is 4.74 Å². The number of aryl methyl sites for hydroxylation is 2. The van der Waals surface area contributed by atoms with E-state index in [4.69, 9.17) is 21.3 Å². The summed E-state index contributed by atoms with van der Waals surface area (Å²) in [5.41, 5.74) is 5.47. The molecular weight excluding hydrogens is 560 g/mol. The van der Waals surface area contributed by atoms with Crippen LogP contribution in [0.2, 0.25) is 5.02 Å². The van der Waals surface area contributed by atoms with Crippen LogP contribution in [0.25, 0.3) is 22.2 Å². The number of rotatable bonds is 9. The minimum Gasteiger partial charge on any atom is -0.457 e. The van der Waals surface area contributed by atoms with Gasteiger partial charge in [0.25, 0.3) is 0 Å². The molecule has 3 heterocycles. The number of aromatic nitrogens is 2. The minimum absolute atomic E-state index is 0.499. The molecular formula is C35H35ClN4OS. The van der Waals surface area contributed by atoms with E-state index in [2.05, 4.69) is 53.8 Å². The molecule has 3 aromatic carbocycles. The summed E-state index contributed by atoms with van der Waals surface area (Å²) in [6.07, 6.45) is 5.66. The summed E-state index contributed by atoms with van der Waals surface area (Å²) in [5, 5.41) is 12.4. The molecule has 1 fully saturated rings. The van der Waals surface area contributed by atoms with E-state index in [1.165, 1.54) is 33.9 Å². The number of piperidine rings is 1. The molecule has 0 atom stereocenters. The van der Waals surface area contributed by atoms with Crippen molar-refractivity contribution < 1.29 is 4.74 Å². The molecule has 0 unspecified atom stereocenters. The highest BCUT2D eigenvalue weighted by atomic mass is 35.5. The molecule has 6 rings (SSSR count). The number of likely N-dealkylation sites (tertiary alicyclic amines) is 1. The van der Waals surface area contributed by atoms with Crippen LogP contribution in [0, 0.1) is 11.3 Å². The first-order valence-corrected chi connectivity index (χ1v) is 15.9. The summed E-state index contributed by atoms with van der Waals surface area (Å²) in [6.45, 7) is 5.30. The van der Waals surface area contributed by atoms with Crippen LogP contribution in [-0.4, -0.2) is 27.5 Å². The van der Waals surface area contributed by atoms with Gasteiger partial charge in [-0.15, -0.1) is 11.3 Å². The van der Waals surface area contributed by atoms with E-state index in [9.17, 15) is 5.26 Å². The summed E-state index contributed by atoms with van der Waals surface area (Å²) in [5.74, 6) is 2.07. The largest absolute Gasteiger partial charge is 0.457 e. The van der Waals surface area contributed by atoms with Gasteiger partial charge in [-0.2, -0.15) is 5.26 Å². The topological polar surface area (TPSA) is 54.1 Å². The second kappa shape index (κ2) is 12.7. The monoisotopic (exact) mass is 594 g/mol. The van der Waals surface area contributed by atoms with E-state index >= 15 is 0 Å². The fourth-order valence-electron chi connectivity index (χ4n) is 5.79. The van der Waals surface area contributed by atoms with Crippen molar-refractivity contribution in [3.63, 3.8) is 0 Å². The normalized spacial score (nSPS) is 14.3. The Labute approximate surface area is 257 Å². The van der Waals surface area contributed by atoms with Crippen LogP contribution in [0.15, 0.2) is 72.8 Å². The van der Waals surface area contributed by atoms with Crippen molar-refractivity contribution in [2.75, 3.05) is 13.1 Å². The summed E-state index contributed by atoms with van der Waals surface area (Å²) >= 11 is 7.93. The number of nitrogens with zero attached hydrogens (tertiary/aromatic N) is 4. The van der Waals surface area contributed by atoms with Gasteiger partial charge in [0.2, 0.25) is 0 Å². The van der Waals surface area contributed by atoms with Crippen LogP contribution in [0.1, 0.15) is 59.7 Å². The van der Waals surface area contributed by atoms with Crippen LogP contribution in [-0.2, 0) is 20.0 Å². The van der Waals surface area contributed by atoms with Crippen molar-refractivity contribution >= 4 is 33.8 Å². The van der Waals surface area contributed by atoms with Crippen LogP contribution in [0.5, 0.6) is 11.5 Å². The third kappa shape index (κ3) is 6.24. The van der Waals surface area contributed by atoms with Gasteiger partial charge < -0.3 is 9.30 Å². The van der Waals surface area contributed by atoms with E-state index in [0.29, 0.717) is 16.5 Å². The number of ether oxygens (including phenoxy) is 1.